The molecular weight excluding hydrogens is 132 g/mol. The zero-order valence-corrected chi connectivity index (χ0v) is 7.01. The first-order valence-corrected chi connectivity index (χ1v) is 2.57. The predicted molar refractivity (Wildman–Crippen MR) is 33.8 cm³/mol. The molecule has 0 unspecified atom stereocenters. The molecule has 50 valence electrons. The van der Waals surface area contributed by atoms with Gasteiger partial charge in [-0.2, -0.15) is 0 Å². The van der Waals surface area contributed by atoms with Crippen LogP contribution in [0, 0.1) is 0 Å². The first kappa shape index (κ1) is 11.9. The smallest absolute Gasteiger partial charge is 0.307 e. The fourth-order valence-electron chi connectivity index (χ4n) is 0.348. The molecule has 1 N–H and O–H groups in total. The summed E-state index contributed by atoms with van der Waals surface area (Å²) in [6.07, 6.45) is 1.15. The highest BCUT2D eigenvalue weighted by Crippen LogP contribution is 1.88. The lowest BCUT2D eigenvalue weighted by atomic mass is 10.3. The van der Waals surface area contributed by atoms with Crippen molar-refractivity contribution in [3.63, 3.8) is 0 Å². The minimum atomic E-state index is -0.501. The van der Waals surface area contributed by atoms with Crippen molar-refractivity contribution in [2.24, 2.45) is 0 Å². The van der Waals surface area contributed by atoms with Crippen LogP contribution in [0.25, 0.3) is 0 Å². The van der Waals surface area contributed by atoms with Gasteiger partial charge in [0.25, 0.3) is 0 Å². The molecule has 9 heavy (non-hydrogen) atoms. The minimum absolute atomic E-state index is 0. The van der Waals surface area contributed by atoms with Gasteiger partial charge in [-0.25, -0.2) is 0 Å². The first-order chi connectivity index (χ1) is 3.81. The Kier molecular flexibility index (Phi) is 10.9. The summed E-state index contributed by atoms with van der Waals surface area (Å²) < 4.78 is 4.20. The van der Waals surface area contributed by atoms with Gasteiger partial charge in [0.1, 0.15) is 0 Å². The summed E-state index contributed by atoms with van der Waals surface area (Å²) in [5, 5.41) is 8.02. The molecular formula is C5H10MgO3. The van der Waals surface area contributed by atoms with Gasteiger partial charge in [-0.3, -0.25) is 4.79 Å². The average molecular weight is 142 g/mol. The van der Waals surface area contributed by atoms with Crippen LogP contribution in [-0.2, 0) is 9.53 Å². The van der Waals surface area contributed by atoms with Gasteiger partial charge in [0.2, 0.25) is 0 Å². The number of aliphatic hydroxyl groups is 1. The van der Waals surface area contributed by atoms with Gasteiger partial charge in [-0.1, -0.05) is 6.92 Å². The summed E-state index contributed by atoms with van der Waals surface area (Å²) in [6, 6.07) is 0. The summed E-state index contributed by atoms with van der Waals surface area (Å²) in [5.74, 6) is -0.338. The highest BCUT2D eigenvalue weighted by Gasteiger charge is 1.95. The largest absolute Gasteiger partial charge is 0.439 e. The lowest BCUT2D eigenvalue weighted by Crippen LogP contribution is -2.03. The quantitative estimate of drug-likeness (QED) is 0.340. The van der Waals surface area contributed by atoms with Crippen molar-refractivity contribution in [3.05, 3.63) is 0 Å². The molecule has 0 saturated heterocycles. The number of carbonyl (C=O) groups excluding carboxylic acids is 1. The fourth-order valence-corrected chi connectivity index (χ4v) is 0.348. The molecule has 4 heteroatoms. The number of esters is 1. The molecule has 0 fully saturated rings. The second-order valence-electron chi connectivity index (χ2n) is 1.40. The highest BCUT2D eigenvalue weighted by molar-refractivity contribution is 5.75. The molecule has 3 nitrogen and oxygen atoms in total. The monoisotopic (exact) mass is 142 g/mol. The van der Waals surface area contributed by atoms with E-state index in [-0.39, 0.29) is 29.0 Å². The van der Waals surface area contributed by atoms with Gasteiger partial charge < -0.3 is 9.84 Å². The summed E-state index contributed by atoms with van der Waals surface area (Å²) in [7, 11) is 0. The summed E-state index contributed by atoms with van der Waals surface area (Å²) >= 11 is 0. The van der Waals surface area contributed by atoms with Gasteiger partial charge in [0.05, 0.1) is 0 Å². The SMILES string of the molecule is CCCC(=O)OCO.[Mg]. The molecule has 0 aliphatic heterocycles. The molecule has 0 saturated carbocycles. The molecule has 0 aliphatic carbocycles. The lowest BCUT2D eigenvalue weighted by Gasteiger charge is -1.95. The van der Waals surface area contributed by atoms with Crippen molar-refractivity contribution >= 4 is 29.0 Å². The van der Waals surface area contributed by atoms with E-state index in [0.29, 0.717) is 6.42 Å². The van der Waals surface area contributed by atoms with Crippen LogP contribution in [0.15, 0.2) is 0 Å². The molecule has 0 spiro atoms. The van der Waals surface area contributed by atoms with Gasteiger partial charge in [-0.05, 0) is 6.42 Å². The van der Waals surface area contributed by atoms with Crippen LogP contribution in [0.2, 0.25) is 0 Å². The van der Waals surface area contributed by atoms with Crippen LogP contribution in [0.3, 0.4) is 0 Å². The number of hydrogen-bond donors (Lipinski definition) is 1. The second kappa shape index (κ2) is 8.20. The molecule has 0 aliphatic rings. The van der Waals surface area contributed by atoms with Crippen molar-refractivity contribution in [2.75, 3.05) is 6.79 Å². The van der Waals surface area contributed by atoms with E-state index in [4.69, 9.17) is 5.11 Å². The van der Waals surface area contributed by atoms with E-state index in [0.717, 1.165) is 6.42 Å². The summed E-state index contributed by atoms with van der Waals surface area (Å²) in [6.45, 7) is 1.37. The molecule has 2 radical (unpaired) electrons. The van der Waals surface area contributed by atoms with Gasteiger partial charge >= 0.3 is 5.97 Å². The van der Waals surface area contributed by atoms with E-state index in [1.807, 2.05) is 6.92 Å². The number of rotatable bonds is 3. The molecule has 0 aromatic heterocycles. The number of ether oxygens (including phenoxy) is 1. The van der Waals surface area contributed by atoms with Crippen LogP contribution in [-0.4, -0.2) is 40.9 Å². The standard InChI is InChI=1S/C5H10O3.Mg/c1-2-3-5(7)8-4-6;/h6H,2-4H2,1H3;. The molecule has 0 aromatic rings. The van der Waals surface area contributed by atoms with Crippen molar-refractivity contribution in [3.8, 4) is 0 Å². The summed E-state index contributed by atoms with van der Waals surface area (Å²) in [5.41, 5.74) is 0. The van der Waals surface area contributed by atoms with Crippen LogP contribution in [0.5, 0.6) is 0 Å². The van der Waals surface area contributed by atoms with Crippen molar-refractivity contribution in [1.82, 2.24) is 0 Å². The van der Waals surface area contributed by atoms with E-state index in [2.05, 4.69) is 4.74 Å². The van der Waals surface area contributed by atoms with Crippen molar-refractivity contribution in [2.45, 2.75) is 19.8 Å². The maximum Gasteiger partial charge on any atom is 0.307 e. The van der Waals surface area contributed by atoms with Crippen LogP contribution >= 0.6 is 0 Å². The molecule has 0 amide bonds. The van der Waals surface area contributed by atoms with Gasteiger partial charge in [0, 0.05) is 29.5 Å². The number of aliphatic hydroxyl groups excluding tert-OH is 1. The zero-order chi connectivity index (χ0) is 6.41. The molecule has 0 bridgehead atoms. The Labute approximate surface area is 70.5 Å². The fraction of sp³-hybridized carbons (Fsp3) is 0.800. The first-order valence-electron chi connectivity index (χ1n) is 2.57. The van der Waals surface area contributed by atoms with Crippen LogP contribution in [0.4, 0.5) is 0 Å². The predicted octanol–water partition coefficient (Wildman–Crippen LogP) is -0.101. The second-order valence-corrected chi connectivity index (χ2v) is 1.40. The normalized spacial score (nSPS) is 7.78. The van der Waals surface area contributed by atoms with Crippen molar-refractivity contribution in [1.29, 1.82) is 0 Å². The van der Waals surface area contributed by atoms with Crippen LogP contribution in [0.1, 0.15) is 19.8 Å². The zero-order valence-electron chi connectivity index (χ0n) is 5.59. The van der Waals surface area contributed by atoms with Crippen molar-refractivity contribution < 1.29 is 14.6 Å². The number of hydrogen-bond acceptors (Lipinski definition) is 3. The van der Waals surface area contributed by atoms with E-state index in [1.54, 1.807) is 0 Å². The third kappa shape index (κ3) is 8.20. The Bertz CT molecular complexity index is 66.6. The van der Waals surface area contributed by atoms with Crippen LogP contribution < -0.4 is 0 Å². The topological polar surface area (TPSA) is 46.5 Å². The Morgan fingerprint density at radius 2 is 2.22 bits per heavy atom. The molecule has 0 rings (SSSR count). The lowest BCUT2D eigenvalue weighted by molar-refractivity contribution is -0.151. The third-order valence-electron chi connectivity index (χ3n) is 0.680. The Morgan fingerprint density at radius 1 is 1.67 bits per heavy atom. The van der Waals surface area contributed by atoms with Gasteiger partial charge in [-0.15, -0.1) is 0 Å². The Hall–Kier alpha value is 0.196. The maximum absolute atomic E-state index is 10.3. The highest BCUT2D eigenvalue weighted by atomic mass is 24.3. The average Bonchev–Trinajstić information content (AvgIpc) is 1.68. The maximum atomic E-state index is 10.3. The van der Waals surface area contributed by atoms with E-state index in [9.17, 15) is 4.79 Å². The molecule has 0 aromatic carbocycles. The van der Waals surface area contributed by atoms with E-state index >= 15 is 0 Å². The summed E-state index contributed by atoms with van der Waals surface area (Å²) in [4.78, 5) is 10.3. The molecule has 0 heterocycles. The third-order valence-corrected chi connectivity index (χ3v) is 0.680. The van der Waals surface area contributed by atoms with E-state index in [1.165, 1.54) is 0 Å². The Balaban J connectivity index is 0. The minimum Gasteiger partial charge on any atom is -0.439 e. The van der Waals surface area contributed by atoms with Gasteiger partial charge in [0.15, 0.2) is 6.79 Å². The number of carbonyl (C=O) groups is 1. The molecule has 0 atom stereocenters. The van der Waals surface area contributed by atoms with E-state index < -0.39 is 6.79 Å². The Morgan fingerprint density at radius 3 is 2.56 bits per heavy atom.